The van der Waals surface area contributed by atoms with Crippen LogP contribution in [-0.4, -0.2) is 47.5 Å². The van der Waals surface area contributed by atoms with Crippen molar-refractivity contribution in [2.24, 2.45) is 0 Å². The fraction of sp³-hybridized carbons (Fsp3) is 0.381. The van der Waals surface area contributed by atoms with E-state index in [0.717, 1.165) is 0 Å². The van der Waals surface area contributed by atoms with Crippen LogP contribution in [0.1, 0.15) is 18.4 Å². The number of amides is 1. The lowest BCUT2D eigenvalue weighted by Crippen LogP contribution is -2.58. The van der Waals surface area contributed by atoms with Crippen LogP contribution >= 0.6 is 23.2 Å². The molecule has 1 fully saturated rings. The van der Waals surface area contributed by atoms with Crippen LogP contribution in [-0.2, 0) is 11.2 Å². The Kier molecular flexibility index (Phi) is 6.00. The molecule has 2 heterocycles. The van der Waals surface area contributed by atoms with Gasteiger partial charge < -0.3 is 25.2 Å². The number of hydrogen-bond acceptors (Lipinski definition) is 5. The highest BCUT2D eigenvalue weighted by atomic mass is 35.5. The quantitative estimate of drug-likeness (QED) is 0.592. The van der Waals surface area contributed by atoms with Crippen molar-refractivity contribution in [2.75, 3.05) is 29.9 Å². The zero-order valence-corrected chi connectivity index (χ0v) is 17.8. The highest BCUT2D eigenvalue weighted by Gasteiger charge is 2.42. The van der Waals surface area contributed by atoms with Crippen molar-refractivity contribution < 1.29 is 28.5 Å². The minimum absolute atomic E-state index is 0.00175. The Morgan fingerprint density at radius 1 is 1.19 bits per heavy atom. The molecule has 2 aliphatic heterocycles. The number of benzene rings is 2. The molecule has 1 saturated heterocycles. The lowest BCUT2D eigenvalue weighted by atomic mass is 9.89. The van der Waals surface area contributed by atoms with Crippen LogP contribution in [0.5, 0.6) is 5.75 Å². The van der Waals surface area contributed by atoms with E-state index in [4.69, 9.17) is 27.9 Å². The minimum atomic E-state index is -1.58. The predicted molar refractivity (Wildman–Crippen MR) is 113 cm³/mol. The molecule has 31 heavy (non-hydrogen) atoms. The molecule has 0 aromatic heterocycles. The van der Waals surface area contributed by atoms with Crippen molar-refractivity contribution in [3.63, 3.8) is 0 Å². The van der Waals surface area contributed by atoms with E-state index in [0.29, 0.717) is 23.4 Å². The fourth-order valence-electron chi connectivity index (χ4n) is 3.87. The number of carbonyl (C=O) groups is 1. The van der Waals surface area contributed by atoms with Crippen molar-refractivity contribution in [1.82, 2.24) is 0 Å². The second-order valence-corrected chi connectivity index (χ2v) is 8.58. The number of ether oxygens (including phenoxy) is 1. The molecule has 166 valence electrons. The number of fused-ring (bicyclic) bond motifs is 1. The van der Waals surface area contributed by atoms with Crippen LogP contribution < -0.4 is 15.0 Å². The van der Waals surface area contributed by atoms with Gasteiger partial charge in [0, 0.05) is 31.1 Å². The topological polar surface area (TPSA) is 82.0 Å². The van der Waals surface area contributed by atoms with Crippen LogP contribution in [0.15, 0.2) is 24.3 Å². The van der Waals surface area contributed by atoms with Crippen LogP contribution in [0.4, 0.5) is 20.2 Å². The first-order chi connectivity index (χ1) is 14.7. The molecule has 0 radical (unpaired) electrons. The number of β-amino-alcohol motifs (C(OH)–C–C–N with tert-alkyl or cyclic N) is 1. The van der Waals surface area contributed by atoms with Gasteiger partial charge in [-0.2, -0.15) is 0 Å². The third kappa shape index (κ3) is 4.30. The van der Waals surface area contributed by atoms with Gasteiger partial charge in [-0.1, -0.05) is 23.2 Å². The summed E-state index contributed by atoms with van der Waals surface area (Å²) in [6.45, 7) is 0.0459. The number of carbonyl (C=O) groups excluding carboxylic acids is 1. The van der Waals surface area contributed by atoms with Crippen LogP contribution in [0.2, 0.25) is 10.0 Å². The maximum atomic E-state index is 14.0. The van der Waals surface area contributed by atoms with Crippen molar-refractivity contribution >= 4 is 40.5 Å². The van der Waals surface area contributed by atoms with Crippen LogP contribution in [0, 0.1) is 11.6 Å². The average Bonchev–Trinajstić information content (AvgIpc) is 2.73. The second-order valence-electron chi connectivity index (χ2n) is 7.77. The Morgan fingerprint density at radius 2 is 1.97 bits per heavy atom. The maximum Gasteiger partial charge on any atom is 0.224 e. The summed E-state index contributed by atoms with van der Waals surface area (Å²) in [6.07, 6.45) is -0.585. The molecule has 6 nitrogen and oxygen atoms in total. The zero-order chi connectivity index (χ0) is 22.3. The molecule has 4 rings (SSSR count). The van der Waals surface area contributed by atoms with Crippen molar-refractivity contribution in [3.05, 3.63) is 51.5 Å². The first-order valence-electron chi connectivity index (χ1n) is 9.72. The van der Waals surface area contributed by atoms with Gasteiger partial charge in [-0.25, -0.2) is 8.78 Å². The molecule has 0 spiro atoms. The first-order valence-corrected chi connectivity index (χ1v) is 10.5. The molecule has 2 aromatic rings. The van der Waals surface area contributed by atoms with Crippen LogP contribution in [0.25, 0.3) is 0 Å². The number of piperidine rings is 1. The van der Waals surface area contributed by atoms with Gasteiger partial charge in [0.2, 0.25) is 5.91 Å². The molecule has 10 heteroatoms. The molecule has 2 aromatic carbocycles. The average molecular weight is 473 g/mol. The summed E-state index contributed by atoms with van der Waals surface area (Å²) < 4.78 is 33.7. The van der Waals surface area contributed by atoms with Gasteiger partial charge in [0.05, 0.1) is 21.4 Å². The van der Waals surface area contributed by atoms with Gasteiger partial charge in [-0.15, -0.1) is 0 Å². The van der Waals surface area contributed by atoms with Crippen molar-refractivity contribution in [2.45, 2.75) is 31.0 Å². The number of hydrogen-bond donors (Lipinski definition) is 3. The summed E-state index contributed by atoms with van der Waals surface area (Å²) in [5.74, 6) is -1.13. The molecule has 0 saturated carbocycles. The number of halogens is 4. The lowest BCUT2D eigenvalue weighted by Gasteiger charge is -2.43. The number of rotatable bonds is 4. The Morgan fingerprint density at radius 3 is 2.71 bits per heavy atom. The van der Waals surface area contributed by atoms with Gasteiger partial charge in [-0.05, 0) is 31.0 Å². The van der Waals surface area contributed by atoms with Gasteiger partial charge in [0.25, 0.3) is 0 Å². The number of nitrogens with zero attached hydrogens (tertiary/aromatic N) is 1. The summed E-state index contributed by atoms with van der Waals surface area (Å²) in [4.78, 5) is 13.2. The van der Waals surface area contributed by atoms with Gasteiger partial charge in [-0.3, -0.25) is 4.79 Å². The summed E-state index contributed by atoms with van der Waals surface area (Å²) in [7, 11) is 0. The predicted octanol–water partition coefficient (Wildman–Crippen LogP) is 3.54. The Bertz CT molecular complexity index is 1040. The maximum absolute atomic E-state index is 14.0. The van der Waals surface area contributed by atoms with E-state index in [1.807, 2.05) is 0 Å². The summed E-state index contributed by atoms with van der Waals surface area (Å²) >= 11 is 11.9. The molecule has 1 amide bonds. The molecule has 2 atom stereocenters. The third-order valence-electron chi connectivity index (χ3n) is 5.72. The van der Waals surface area contributed by atoms with Crippen LogP contribution in [0.3, 0.4) is 0 Å². The summed E-state index contributed by atoms with van der Waals surface area (Å²) in [5, 5.41) is 24.2. The van der Waals surface area contributed by atoms with Gasteiger partial charge in [0.15, 0.2) is 0 Å². The van der Waals surface area contributed by atoms with E-state index in [9.17, 15) is 23.8 Å². The zero-order valence-electron chi connectivity index (χ0n) is 16.3. The number of anilines is 2. The van der Waals surface area contributed by atoms with E-state index in [1.165, 1.54) is 24.3 Å². The molecule has 3 N–H and O–H groups in total. The highest BCUT2D eigenvalue weighted by Crippen LogP contribution is 2.37. The molecule has 0 bridgehead atoms. The fourth-order valence-corrected chi connectivity index (χ4v) is 4.37. The summed E-state index contributed by atoms with van der Waals surface area (Å²) in [6, 6.07) is 5.10. The number of aliphatic hydroxyl groups is 2. The van der Waals surface area contributed by atoms with E-state index in [-0.39, 0.29) is 54.2 Å². The van der Waals surface area contributed by atoms with Crippen molar-refractivity contribution in [1.29, 1.82) is 0 Å². The number of nitrogens with one attached hydrogen (secondary N) is 1. The van der Waals surface area contributed by atoms with Gasteiger partial charge in [0.1, 0.15) is 35.7 Å². The Balaban J connectivity index is 1.47. The minimum Gasteiger partial charge on any atom is -0.490 e. The lowest BCUT2D eigenvalue weighted by molar-refractivity contribution is -0.116. The van der Waals surface area contributed by atoms with Gasteiger partial charge >= 0.3 is 0 Å². The smallest absolute Gasteiger partial charge is 0.224 e. The molecular formula is C21H20Cl2F2N2O4. The number of aliphatic hydroxyl groups excluding tert-OH is 1. The van der Waals surface area contributed by atoms with E-state index in [1.54, 1.807) is 4.90 Å². The third-order valence-corrected chi connectivity index (χ3v) is 6.31. The van der Waals surface area contributed by atoms with E-state index >= 15 is 0 Å². The SMILES string of the molecule is O=C1CCc2c(OC[C@]3(O)CCN(c4cc(F)c(Cl)cc4Cl)C[C@H]3O)ccc(F)c2N1. The first kappa shape index (κ1) is 22.1. The van der Waals surface area contributed by atoms with E-state index < -0.39 is 23.3 Å². The monoisotopic (exact) mass is 472 g/mol. The molecule has 0 unspecified atom stereocenters. The second kappa shape index (κ2) is 8.43. The largest absolute Gasteiger partial charge is 0.490 e. The summed E-state index contributed by atoms with van der Waals surface area (Å²) in [5.41, 5.74) is -0.615. The Hall–Kier alpha value is -2.13. The molecule has 2 aliphatic rings. The van der Waals surface area contributed by atoms with E-state index in [2.05, 4.69) is 5.32 Å². The molecular weight excluding hydrogens is 453 g/mol. The normalized spacial score (nSPS) is 23.4. The Labute approximate surface area is 187 Å². The van der Waals surface area contributed by atoms with Crippen molar-refractivity contribution in [3.8, 4) is 5.75 Å². The highest BCUT2D eigenvalue weighted by molar-refractivity contribution is 6.36. The standard InChI is InChI=1S/C21H20Cl2F2N2O4/c22-12-7-13(23)16(8-15(12)25)27-6-5-21(30,18(28)9-27)10-31-17-3-2-14(24)20-11(17)1-4-19(29)26-20/h2-3,7-8,18,28,30H,1,4-6,9-10H2,(H,26,29)/t18-,21-/m1/s1. The molecule has 0 aliphatic carbocycles.